The van der Waals surface area contributed by atoms with Crippen LogP contribution >= 0.6 is 0 Å². The van der Waals surface area contributed by atoms with Crippen LogP contribution in [0.25, 0.3) is 0 Å². The van der Waals surface area contributed by atoms with Crippen LogP contribution in [0.1, 0.15) is 53.6 Å². The molecule has 1 amide bonds. The predicted octanol–water partition coefficient (Wildman–Crippen LogP) is 3.18. The minimum atomic E-state index is -0.546. The molecule has 1 aliphatic rings. The number of amides is 1. The van der Waals surface area contributed by atoms with Gasteiger partial charge in [0.25, 0.3) is 11.5 Å². The Hall–Kier alpha value is -2.89. The van der Waals surface area contributed by atoms with Crippen LogP contribution in [0, 0.1) is 5.41 Å². The molecule has 0 saturated carbocycles. The summed E-state index contributed by atoms with van der Waals surface area (Å²) in [6, 6.07) is 8.28. The number of pyridine rings is 1. The first-order valence-corrected chi connectivity index (χ1v) is 8.63. The number of Topliss-reactive ketones (excluding diaryl/α,β-unsaturated/α-hetero) is 1. The summed E-state index contributed by atoms with van der Waals surface area (Å²) in [6.45, 7) is 6.42. The number of hydrogen-bond acceptors (Lipinski definition) is 4. The fourth-order valence-corrected chi connectivity index (χ4v) is 3.20. The maximum absolute atomic E-state index is 12.5. The maximum atomic E-state index is 12.5. The van der Waals surface area contributed by atoms with Crippen LogP contribution in [0.5, 0.6) is 5.75 Å². The van der Waals surface area contributed by atoms with E-state index in [1.807, 2.05) is 20.8 Å². The molecule has 2 N–H and O–H groups in total. The second kappa shape index (κ2) is 6.78. The van der Waals surface area contributed by atoms with Crippen LogP contribution in [0.2, 0.25) is 0 Å². The molecule has 136 valence electrons. The van der Waals surface area contributed by atoms with Gasteiger partial charge in [-0.2, -0.15) is 0 Å². The van der Waals surface area contributed by atoms with Gasteiger partial charge in [-0.15, -0.1) is 0 Å². The summed E-state index contributed by atoms with van der Waals surface area (Å²) in [5.74, 6) is 0.101. The number of aromatic nitrogens is 1. The average molecular weight is 354 g/mol. The van der Waals surface area contributed by atoms with Gasteiger partial charge in [0.2, 0.25) is 0 Å². The van der Waals surface area contributed by atoms with Crippen molar-refractivity contribution in [3.63, 3.8) is 0 Å². The normalized spacial score (nSPS) is 15.3. The predicted molar refractivity (Wildman–Crippen MR) is 99.1 cm³/mol. The first-order chi connectivity index (χ1) is 12.3. The van der Waals surface area contributed by atoms with Gasteiger partial charge in [-0.1, -0.05) is 13.8 Å². The maximum Gasteiger partial charge on any atom is 0.261 e. The Balaban J connectivity index is 1.85. The minimum Gasteiger partial charge on any atom is -0.494 e. The molecule has 0 saturated heterocycles. The third kappa shape index (κ3) is 3.69. The highest BCUT2D eigenvalue weighted by molar-refractivity contribution is 6.06. The molecular weight excluding hydrogens is 332 g/mol. The van der Waals surface area contributed by atoms with Crippen molar-refractivity contribution in [2.75, 3.05) is 11.9 Å². The highest BCUT2D eigenvalue weighted by Gasteiger charge is 2.32. The largest absolute Gasteiger partial charge is 0.494 e. The molecule has 0 fully saturated rings. The smallest absolute Gasteiger partial charge is 0.261 e. The summed E-state index contributed by atoms with van der Waals surface area (Å²) in [6.07, 6.45) is 0.996. The Bertz CT molecular complexity index is 910. The molecule has 6 nitrogen and oxygen atoms in total. The third-order valence-electron chi connectivity index (χ3n) is 4.39. The molecular formula is C20H22N2O4. The number of nitrogens with one attached hydrogen (secondary N) is 2. The van der Waals surface area contributed by atoms with Crippen LogP contribution in [0.4, 0.5) is 5.69 Å². The minimum absolute atomic E-state index is 0.0531. The topological polar surface area (TPSA) is 88.3 Å². The molecule has 0 unspecified atom stereocenters. The molecule has 1 aromatic carbocycles. The first kappa shape index (κ1) is 17.9. The van der Waals surface area contributed by atoms with Gasteiger partial charge in [0.05, 0.1) is 6.61 Å². The molecule has 1 heterocycles. The Morgan fingerprint density at radius 2 is 1.88 bits per heavy atom. The van der Waals surface area contributed by atoms with Crippen LogP contribution in [-0.4, -0.2) is 23.3 Å². The Labute approximate surface area is 151 Å². The lowest BCUT2D eigenvalue weighted by molar-refractivity contribution is 0.0910. The number of H-pyrrole nitrogens is 1. The van der Waals surface area contributed by atoms with Crippen molar-refractivity contribution in [1.29, 1.82) is 0 Å². The fraction of sp³-hybridized carbons (Fsp3) is 0.350. The van der Waals surface area contributed by atoms with Crippen molar-refractivity contribution >= 4 is 17.4 Å². The summed E-state index contributed by atoms with van der Waals surface area (Å²) in [5.41, 5.74) is 0.833. The molecule has 1 aliphatic carbocycles. The molecule has 3 rings (SSSR count). The second-order valence-corrected chi connectivity index (χ2v) is 7.26. The average Bonchev–Trinajstić information content (AvgIpc) is 2.55. The number of carbonyl (C=O) groups excluding carboxylic acids is 2. The van der Waals surface area contributed by atoms with Gasteiger partial charge in [-0.05, 0) is 49.1 Å². The van der Waals surface area contributed by atoms with Gasteiger partial charge in [0.1, 0.15) is 11.3 Å². The van der Waals surface area contributed by atoms with Gasteiger partial charge in [0.15, 0.2) is 5.78 Å². The number of fused-ring (bicyclic) bond motifs is 1. The van der Waals surface area contributed by atoms with Gasteiger partial charge < -0.3 is 15.0 Å². The summed E-state index contributed by atoms with van der Waals surface area (Å²) in [4.78, 5) is 39.9. The summed E-state index contributed by atoms with van der Waals surface area (Å²) in [7, 11) is 0. The molecule has 0 bridgehead atoms. The molecule has 0 atom stereocenters. The Morgan fingerprint density at radius 1 is 1.19 bits per heavy atom. The molecule has 26 heavy (non-hydrogen) atoms. The number of anilines is 1. The number of aromatic amines is 1. The van der Waals surface area contributed by atoms with Crippen LogP contribution in [0.15, 0.2) is 35.1 Å². The fourth-order valence-electron chi connectivity index (χ4n) is 3.20. The van der Waals surface area contributed by atoms with E-state index >= 15 is 0 Å². The zero-order valence-electron chi connectivity index (χ0n) is 15.1. The van der Waals surface area contributed by atoms with Crippen molar-refractivity contribution in [3.8, 4) is 5.75 Å². The van der Waals surface area contributed by atoms with Crippen LogP contribution < -0.4 is 15.6 Å². The Morgan fingerprint density at radius 3 is 2.54 bits per heavy atom. The molecule has 1 aromatic heterocycles. The van der Waals surface area contributed by atoms with Gasteiger partial charge in [-0.25, -0.2) is 0 Å². The number of carbonyl (C=O) groups is 2. The summed E-state index contributed by atoms with van der Waals surface area (Å²) < 4.78 is 5.36. The molecule has 2 aromatic rings. The molecule has 0 radical (unpaired) electrons. The lowest BCUT2D eigenvalue weighted by atomic mass is 9.75. The highest BCUT2D eigenvalue weighted by Crippen LogP contribution is 2.33. The quantitative estimate of drug-likeness (QED) is 0.883. The van der Waals surface area contributed by atoms with E-state index in [0.717, 1.165) is 0 Å². The summed E-state index contributed by atoms with van der Waals surface area (Å²) >= 11 is 0. The molecule has 0 aliphatic heterocycles. The molecule has 0 spiro atoms. The summed E-state index contributed by atoms with van der Waals surface area (Å²) in [5, 5.41) is 2.68. The molecule has 6 heteroatoms. The first-order valence-electron chi connectivity index (χ1n) is 8.63. The Kier molecular flexibility index (Phi) is 4.68. The number of ether oxygens (including phenoxy) is 1. The number of rotatable bonds is 4. The van der Waals surface area contributed by atoms with E-state index < -0.39 is 11.5 Å². The van der Waals surface area contributed by atoms with E-state index in [9.17, 15) is 14.4 Å². The number of hydrogen-bond donors (Lipinski definition) is 2. The van der Waals surface area contributed by atoms with Gasteiger partial charge >= 0.3 is 0 Å². The van der Waals surface area contributed by atoms with Crippen molar-refractivity contribution in [3.05, 3.63) is 57.5 Å². The lowest BCUT2D eigenvalue weighted by Crippen LogP contribution is -2.32. The van der Waals surface area contributed by atoms with Crippen molar-refractivity contribution in [2.24, 2.45) is 5.41 Å². The second-order valence-electron chi connectivity index (χ2n) is 7.26. The van der Waals surface area contributed by atoms with Crippen molar-refractivity contribution in [1.82, 2.24) is 4.98 Å². The monoisotopic (exact) mass is 354 g/mol. The van der Waals surface area contributed by atoms with Gasteiger partial charge in [0, 0.05) is 23.4 Å². The van der Waals surface area contributed by atoms with E-state index in [-0.39, 0.29) is 16.8 Å². The standard InChI is InChI=1S/C20H22N2O4/c1-4-26-13-7-5-12(6-8-13)21-18(24)15-9-14-16(22-19(15)25)10-20(2,3)11-17(14)23/h5-9H,4,10-11H2,1-3H3,(H,21,24)(H,22,25). The van der Waals surface area contributed by atoms with Crippen LogP contribution in [0.3, 0.4) is 0 Å². The number of benzene rings is 1. The zero-order valence-corrected chi connectivity index (χ0v) is 15.1. The highest BCUT2D eigenvalue weighted by atomic mass is 16.5. The van der Waals surface area contributed by atoms with E-state index in [2.05, 4.69) is 10.3 Å². The van der Waals surface area contributed by atoms with E-state index in [4.69, 9.17) is 4.74 Å². The van der Waals surface area contributed by atoms with Crippen molar-refractivity contribution < 1.29 is 14.3 Å². The van der Waals surface area contributed by atoms with E-state index in [1.54, 1.807) is 24.3 Å². The van der Waals surface area contributed by atoms with E-state index in [0.29, 0.717) is 42.1 Å². The lowest BCUT2D eigenvalue weighted by Gasteiger charge is -2.29. The van der Waals surface area contributed by atoms with Crippen molar-refractivity contribution in [2.45, 2.75) is 33.6 Å². The van der Waals surface area contributed by atoms with Gasteiger partial charge in [-0.3, -0.25) is 14.4 Å². The van der Waals surface area contributed by atoms with E-state index in [1.165, 1.54) is 6.07 Å². The SMILES string of the molecule is CCOc1ccc(NC(=O)c2cc3c([nH]c2=O)CC(C)(C)CC3=O)cc1. The number of ketones is 1. The van der Waals surface area contributed by atoms with Crippen LogP contribution in [-0.2, 0) is 6.42 Å². The third-order valence-corrected chi connectivity index (χ3v) is 4.39. The zero-order chi connectivity index (χ0) is 18.9.